The van der Waals surface area contributed by atoms with Gasteiger partial charge in [0.2, 0.25) is 15.9 Å². The van der Waals surface area contributed by atoms with Gasteiger partial charge in [-0.25, -0.2) is 8.42 Å². The van der Waals surface area contributed by atoms with Crippen LogP contribution in [0.5, 0.6) is 0 Å². The molecule has 0 aliphatic carbocycles. The molecule has 1 aromatic rings. The predicted molar refractivity (Wildman–Crippen MR) is 103 cm³/mol. The van der Waals surface area contributed by atoms with Crippen LogP contribution in [0.4, 0.5) is 0 Å². The summed E-state index contributed by atoms with van der Waals surface area (Å²) in [4.78, 5) is 27.0. The van der Waals surface area contributed by atoms with E-state index >= 15 is 0 Å². The average molecular weight is 396 g/mol. The maximum Gasteiger partial charge on any atom is 0.271 e. The fourth-order valence-electron chi connectivity index (χ4n) is 3.91. The molecule has 3 heterocycles. The standard InChI is InChI=1S/C19H29N3O4S/c1-15-8-12-21(13-9-15)27(25,26)17-7-5-10-20(19(17)24)14-18(23)22-11-4-3-6-16(22)2/h5,7,10,15-16H,3-4,6,8-9,11-14H2,1-2H3/t16-/m1/s1. The number of likely N-dealkylation sites (tertiary alicyclic amines) is 1. The summed E-state index contributed by atoms with van der Waals surface area (Å²) in [5.41, 5.74) is -0.617. The van der Waals surface area contributed by atoms with E-state index in [0.29, 0.717) is 25.6 Å². The molecular weight excluding hydrogens is 366 g/mol. The molecule has 0 unspecified atom stereocenters. The molecule has 0 aromatic carbocycles. The number of sulfonamides is 1. The van der Waals surface area contributed by atoms with Gasteiger partial charge in [-0.3, -0.25) is 9.59 Å². The Morgan fingerprint density at radius 2 is 1.81 bits per heavy atom. The quantitative estimate of drug-likeness (QED) is 0.777. The van der Waals surface area contributed by atoms with Crippen molar-refractivity contribution in [2.24, 2.45) is 5.92 Å². The van der Waals surface area contributed by atoms with Crippen LogP contribution in [0.15, 0.2) is 28.0 Å². The molecule has 150 valence electrons. The average Bonchev–Trinajstić information content (AvgIpc) is 2.64. The highest BCUT2D eigenvalue weighted by Gasteiger charge is 2.31. The van der Waals surface area contributed by atoms with Gasteiger partial charge in [0.1, 0.15) is 11.4 Å². The van der Waals surface area contributed by atoms with E-state index in [0.717, 1.165) is 32.1 Å². The summed E-state index contributed by atoms with van der Waals surface area (Å²) in [7, 11) is -3.83. The van der Waals surface area contributed by atoms with E-state index in [1.807, 2.05) is 6.92 Å². The van der Waals surface area contributed by atoms with Crippen molar-refractivity contribution < 1.29 is 13.2 Å². The van der Waals surface area contributed by atoms with Crippen LogP contribution in [0.2, 0.25) is 0 Å². The van der Waals surface area contributed by atoms with E-state index in [2.05, 4.69) is 6.92 Å². The van der Waals surface area contributed by atoms with Crippen molar-refractivity contribution >= 4 is 15.9 Å². The van der Waals surface area contributed by atoms with Crippen molar-refractivity contribution in [1.29, 1.82) is 0 Å². The fraction of sp³-hybridized carbons (Fsp3) is 0.684. The molecule has 2 fully saturated rings. The minimum atomic E-state index is -3.83. The third kappa shape index (κ3) is 4.27. The summed E-state index contributed by atoms with van der Waals surface area (Å²) in [6, 6.07) is 3.04. The topological polar surface area (TPSA) is 79.7 Å². The fourth-order valence-corrected chi connectivity index (χ4v) is 5.46. The first kappa shape index (κ1) is 20.1. The van der Waals surface area contributed by atoms with Crippen molar-refractivity contribution in [1.82, 2.24) is 13.8 Å². The zero-order valence-electron chi connectivity index (χ0n) is 16.1. The van der Waals surface area contributed by atoms with Crippen molar-refractivity contribution in [2.45, 2.75) is 63.4 Å². The smallest absolute Gasteiger partial charge is 0.271 e. The molecular formula is C19H29N3O4S. The molecule has 2 aliphatic rings. The van der Waals surface area contributed by atoms with Gasteiger partial charge < -0.3 is 9.47 Å². The Hall–Kier alpha value is -1.67. The Balaban J connectivity index is 1.81. The van der Waals surface area contributed by atoms with Crippen LogP contribution in [-0.4, -0.2) is 53.8 Å². The van der Waals surface area contributed by atoms with Crippen LogP contribution in [-0.2, 0) is 21.4 Å². The highest BCUT2D eigenvalue weighted by atomic mass is 32.2. The van der Waals surface area contributed by atoms with Gasteiger partial charge in [0.05, 0.1) is 0 Å². The minimum Gasteiger partial charge on any atom is -0.338 e. The molecule has 27 heavy (non-hydrogen) atoms. The molecule has 1 atom stereocenters. The van der Waals surface area contributed by atoms with Gasteiger partial charge in [-0.1, -0.05) is 6.92 Å². The van der Waals surface area contributed by atoms with E-state index in [-0.39, 0.29) is 23.4 Å². The lowest BCUT2D eigenvalue weighted by Gasteiger charge is -2.33. The summed E-state index contributed by atoms with van der Waals surface area (Å²) < 4.78 is 28.5. The molecule has 7 nitrogen and oxygen atoms in total. The largest absolute Gasteiger partial charge is 0.338 e. The molecule has 3 rings (SSSR count). The second-order valence-electron chi connectivity index (χ2n) is 7.82. The van der Waals surface area contributed by atoms with Gasteiger partial charge in [-0.2, -0.15) is 4.31 Å². The number of carbonyl (C=O) groups excluding carboxylic acids is 1. The molecule has 0 bridgehead atoms. The Labute approximate surface area is 161 Å². The first-order valence-corrected chi connectivity index (χ1v) is 11.2. The summed E-state index contributed by atoms with van der Waals surface area (Å²) >= 11 is 0. The monoisotopic (exact) mass is 395 g/mol. The summed E-state index contributed by atoms with van der Waals surface area (Å²) in [6.45, 7) is 5.55. The Bertz CT molecular complexity index is 841. The van der Waals surface area contributed by atoms with Gasteiger partial charge in [0.15, 0.2) is 0 Å². The first-order chi connectivity index (χ1) is 12.8. The highest BCUT2D eigenvalue weighted by molar-refractivity contribution is 7.89. The van der Waals surface area contributed by atoms with Gasteiger partial charge in [-0.05, 0) is 57.1 Å². The number of carbonyl (C=O) groups is 1. The van der Waals surface area contributed by atoms with Gasteiger partial charge >= 0.3 is 0 Å². The second kappa shape index (κ2) is 8.14. The summed E-state index contributed by atoms with van der Waals surface area (Å²) in [6.07, 6.45) is 6.12. The molecule has 1 amide bonds. The first-order valence-electron chi connectivity index (χ1n) is 9.80. The molecule has 1 aromatic heterocycles. The third-order valence-electron chi connectivity index (χ3n) is 5.77. The number of amides is 1. The molecule has 2 saturated heterocycles. The highest BCUT2D eigenvalue weighted by Crippen LogP contribution is 2.22. The third-order valence-corrected chi connectivity index (χ3v) is 7.69. The number of aromatic nitrogens is 1. The molecule has 0 spiro atoms. The second-order valence-corrected chi connectivity index (χ2v) is 9.73. The normalized spacial score (nSPS) is 22.7. The van der Waals surface area contributed by atoms with Crippen LogP contribution in [0.25, 0.3) is 0 Å². The Kier molecular flexibility index (Phi) is 6.05. The predicted octanol–water partition coefficient (Wildman–Crippen LogP) is 1.67. The zero-order chi connectivity index (χ0) is 19.6. The van der Waals surface area contributed by atoms with Crippen LogP contribution in [0.1, 0.15) is 46.0 Å². The van der Waals surface area contributed by atoms with E-state index < -0.39 is 15.6 Å². The lowest BCUT2D eigenvalue weighted by Crippen LogP contribution is -2.45. The number of rotatable bonds is 4. The molecule has 0 radical (unpaired) electrons. The van der Waals surface area contributed by atoms with E-state index in [1.165, 1.54) is 27.2 Å². The number of hydrogen-bond acceptors (Lipinski definition) is 4. The number of pyridine rings is 1. The number of piperidine rings is 2. The lowest BCUT2D eigenvalue weighted by atomic mass is 10.0. The van der Waals surface area contributed by atoms with Crippen LogP contribution < -0.4 is 5.56 Å². The maximum absolute atomic E-state index is 12.9. The van der Waals surface area contributed by atoms with E-state index in [1.54, 1.807) is 4.90 Å². The van der Waals surface area contributed by atoms with Gasteiger partial charge in [0, 0.05) is 31.9 Å². The number of hydrogen-bond donors (Lipinski definition) is 0. The van der Waals surface area contributed by atoms with Crippen molar-refractivity contribution in [3.63, 3.8) is 0 Å². The van der Waals surface area contributed by atoms with Gasteiger partial charge in [-0.15, -0.1) is 0 Å². The summed E-state index contributed by atoms with van der Waals surface area (Å²) in [5.74, 6) is 0.360. The zero-order valence-corrected chi connectivity index (χ0v) is 17.0. The number of nitrogens with zero attached hydrogens (tertiary/aromatic N) is 3. The van der Waals surface area contributed by atoms with Gasteiger partial charge in [0.25, 0.3) is 5.56 Å². The van der Waals surface area contributed by atoms with Crippen LogP contribution in [0.3, 0.4) is 0 Å². The Morgan fingerprint density at radius 1 is 1.11 bits per heavy atom. The SMILES string of the molecule is CC1CCN(S(=O)(=O)c2cccn(CC(=O)N3CCCC[C@H]3C)c2=O)CC1. The van der Waals surface area contributed by atoms with Crippen molar-refractivity contribution in [2.75, 3.05) is 19.6 Å². The molecule has 2 aliphatic heterocycles. The Morgan fingerprint density at radius 3 is 2.48 bits per heavy atom. The summed E-state index contributed by atoms with van der Waals surface area (Å²) in [5, 5.41) is 0. The van der Waals surface area contributed by atoms with Crippen molar-refractivity contribution in [3.05, 3.63) is 28.7 Å². The van der Waals surface area contributed by atoms with Crippen LogP contribution in [0, 0.1) is 5.92 Å². The molecule has 8 heteroatoms. The maximum atomic E-state index is 12.9. The van der Waals surface area contributed by atoms with Crippen molar-refractivity contribution in [3.8, 4) is 0 Å². The molecule has 0 saturated carbocycles. The van der Waals surface area contributed by atoms with E-state index in [4.69, 9.17) is 0 Å². The minimum absolute atomic E-state index is 0.121. The van der Waals surface area contributed by atoms with Crippen LogP contribution >= 0.6 is 0 Å². The van der Waals surface area contributed by atoms with E-state index in [9.17, 15) is 18.0 Å². The molecule has 0 N–H and O–H groups in total. The lowest BCUT2D eigenvalue weighted by molar-refractivity contribution is -0.135.